The Bertz CT molecular complexity index is 984. The predicted molar refractivity (Wildman–Crippen MR) is 126 cm³/mol. The molecule has 3 aromatic carbocycles. The summed E-state index contributed by atoms with van der Waals surface area (Å²) in [4.78, 5) is 19.9. The van der Waals surface area contributed by atoms with Crippen LogP contribution in [0.2, 0.25) is 0 Å². The first-order chi connectivity index (χ1) is 15.2. The van der Waals surface area contributed by atoms with Crippen LogP contribution in [0.5, 0.6) is 5.75 Å². The van der Waals surface area contributed by atoms with E-state index >= 15 is 0 Å². The molecule has 0 aliphatic carbocycles. The van der Waals surface area contributed by atoms with Gasteiger partial charge in [-0.1, -0.05) is 60.3 Å². The highest BCUT2D eigenvalue weighted by Crippen LogP contribution is 2.31. The van der Waals surface area contributed by atoms with Crippen molar-refractivity contribution in [3.05, 3.63) is 90.0 Å². The third-order valence-corrected chi connectivity index (χ3v) is 6.64. The lowest BCUT2D eigenvalue weighted by atomic mass is 10.1. The molecule has 1 heterocycles. The second-order valence-electron chi connectivity index (χ2n) is 7.73. The zero-order valence-electron chi connectivity index (χ0n) is 17.9. The van der Waals surface area contributed by atoms with Crippen LogP contribution < -0.4 is 4.74 Å². The second kappa shape index (κ2) is 10.6. The Morgan fingerprint density at radius 1 is 0.839 bits per heavy atom. The van der Waals surface area contributed by atoms with Gasteiger partial charge in [0.15, 0.2) is 5.78 Å². The van der Waals surface area contributed by atoms with Gasteiger partial charge in [0.05, 0.1) is 13.7 Å². The molecule has 5 heteroatoms. The standard InChI is InChI=1S/C26H28N2O2S/c1-30-22-11-13-23(14-12-22)31-26-10-6-5-9-24(26)25(29)20-28-17-15-27(16-18-28)19-21-7-3-2-4-8-21/h2-14H,15-20H2,1H3. The number of rotatable bonds is 8. The van der Waals surface area contributed by atoms with E-state index < -0.39 is 0 Å². The lowest BCUT2D eigenvalue weighted by molar-refractivity contribution is 0.0841. The molecule has 160 valence electrons. The molecule has 0 unspecified atom stereocenters. The van der Waals surface area contributed by atoms with E-state index in [0.29, 0.717) is 6.54 Å². The molecule has 0 spiro atoms. The van der Waals surface area contributed by atoms with Crippen molar-refractivity contribution in [1.82, 2.24) is 9.80 Å². The van der Waals surface area contributed by atoms with Crippen LogP contribution in [0.3, 0.4) is 0 Å². The summed E-state index contributed by atoms with van der Waals surface area (Å²) in [6.07, 6.45) is 0. The number of Topliss-reactive ketones (excluding diaryl/α,β-unsaturated/α-hetero) is 1. The van der Waals surface area contributed by atoms with Crippen LogP contribution in [0.15, 0.2) is 88.7 Å². The number of hydrogen-bond acceptors (Lipinski definition) is 5. The third kappa shape index (κ3) is 5.97. The molecule has 0 atom stereocenters. The van der Waals surface area contributed by atoms with Gasteiger partial charge in [0.2, 0.25) is 0 Å². The van der Waals surface area contributed by atoms with Gasteiger partial charge in [-0.15, -0.1) is 0 Å². The molecule has 0 amide bonds. The number of carbonyl (C=O) groups excluding carboxylic acids is 1. The van der Waals surface area contributed by atoms with E-state index in [1.54, 1.807) is 18.9 Å². The van der Waals surface area contributed by atoms with E-state index in [4.69, 9.17) is 4.74 Å². The van der Waals surface area contributed by atoms with Crippen LogP contribution in [0.4, 0.5) is 0 Å². The van der Waals surface area contributed by atoms with Gasteiger partial charge in [0.25, 0.3) is 0 Å². The quantitative estimate of drug-likeness (QED) is 0.475. The average Bonchev–Trinajstić information content (AvgIpc) is 2.82. The number of ketones is 1. The summed E-state index contributed by atoms with van der Waals surface area (Å²) in [6.45, 7) is 5.27. The highest BCUT2D eigenvalue weighted by Gasteiger charge is 2.21. The third-order valence-electron chi connectivity index (χ3n) is 5.56. The molecule has 0 bridgehead atoms. The molecule has 4 rings (SSSR count). The van der Waals surface area contributed by atoms with Crippen molar-refractivity contribution in [3.8, 4) is 5.75 Å². The maximum Gasteiger partial charge on any atom is 0.177 e. The first-order valence-electron chi connectivity index (χ1n) is 10.6. The van der Waals surface area contributed by atoms with Crippen LogP contribution in [0.1, 0.15) is 15.9 Å². The summed E-state index contributed by atoms with van der Waals surface area (Å²) in [5.41, 5.74) is 2.14. The van der Waals surface area contributed by atoms with Gasteiger partial charge in [0.1, 0.15) is 5.75 Å². The fraction of sp³-hybridized carbons (Fsp3) is 0.269. The molecule has 1 aliphatic rings. The molecule has 0 N–H and O–H groups in total. The number of methoxy groups -OCH3 is 1. The van der Waals surface area contributed by atoms with Gasteiger partial charge >= 0.3 is 0 Å². The second-order valence-corrected chi connectivity index (χ2v) is 8.85. The van der Waals surface area contributed by atoms with Crippen molar-refractivity contribution in [1.29, 1.82) is 0 Å². The number of ether oxygens (including phenoxy) is 1. The van der Waals surface area contributed by atoms with E-state index in [9.17, 15) is 4.79 Å². The Kier molecular flexibility index (Phi) is 7.41. The smallest absolute Gasteiger partial charge is 0.177 e. The fourth-order valence-corrected chi connectivity index (χ4v) is 4.76. The minimum atomic E-state index is 0.188. The Morgan fingerprint density at radius 2 is 1.48 bits per heavy atom. The first-order valence-corrected chi connectivity index (χ1v) is 11.5. The minimum absolute atomic E-state index is 0.188. The van der Waals surface area contributed by atoms with Gasteiger partial charge in [0, 0.05) is 48.1 Å². The van der Waals surface area contributed by atoms with Crippen LogP contribution in [0.25, 0.3) is 0 Å². The molecule has 0 aromatic heterocycles. The van der Waals surface area contributed by atoms with E-state index in [-0.39, 0.29) is 5.78 Å². The molecule has 4 nitrogen and oxygen atoms in total. The monoisotopic (exact) mass is 432 g/mol. The lowest BCUT2D eigenvalue weighted by Gasteiger charge is -2.34. The molecule has 1 saturated heterocycles. The van der Waals surface area contributed by atoms with Gasteiger partial charge in [-0.05, 0) is 35.9 Å². The molecular weight excluding hydrogens is 404 g/mol. The largest absolute Gasteiger partial charge is 0.497 e. The number of benzene rings is 3. The molecule has 0 radical (unpaired) electrons. The Morgan fingerprint density at radius 3 is 2.19 bits per heavy atom. The predicted octanol–water partition coefficient (Wildman–Crippen LogP) is 4.85. The molecule has 1 aliphatic heterocycles. The van der Waals surface area contributed by atoms with Crippen molar-refractivity contribution < 1.29 is 9.53 Å². The van der Waals surface area contributed by atoms with Gasteiger partial charge in [-0.2, -0.15) is 0 Å². The number of hydrogen-bond donors (Lipinski definition) is 0. The van der Waals surface area contributed by atoms with Crippen molar-refractivity contribution in [2.24, 2.45) is 0 Å². The summed E-state index contributed by atoms with van der Waals surface area (Å²) in [7, 11) is 1.66. The molecular formula is C26H28N2O2S. The van der Waals surface area contributed by atoms with Gasteiger partial charge < -0.3 is 4.74 Å². The van der Waals surface area contributed by atoms with Crippen LogP contribution in [0, 0.1) is 0 Å². The normalized spacial score (nSPS) is 15.0. The number of piperazine rings is 1. The topological polar surface area (TPSA) is 32.8 Å². The van der Waals surface area contributed by atoms with Crippen LogP contribution in [-0.4, -0.2) is 55.4 Å². The summed E-state index contributed by atoms with van der Waals surface area (Å²) >= 11 is 1.62. The zero-order chi connectivity index (χ0) is 21.5. The zero-order valence-corrected chi connectivity index (χ0v) is 18.7. The Hall–Kier alpha value is -2.60. The highest BCUT2D eigenvalue weighted by molar-refractivity contribution is 7.99. The van der Waals surface area contributed by atoms with E-state index in [0.717, 1.165) is 53.8 Å². The number of carbonyl (C=O) groups is 1. The molecule has 1 fully saturated rings. The lowest BCUT2D eigenvalue weighted by Crippen LogP contribution is -2.47. The summed E-state index contributed by atoms with van der Waals surface area (Å²) in [5, 5.41) is 0. The molecule has 31 heavy (non-hydrogen) atoms. The Labute approximate surface area is 188 Å². The fourth-order valence-electron chi connectivity index (χ4n) is 3.79. The van der Waals surface area contributed by atoms with Gasteiger partial charge in [-0.25, -0.2) is 0 Å². The highest BCUT2D eigenvalue weighted by atomic mass is 32.2. The van der Waals surface area contributed by atoms with E-state index in [1.807, 2.05) is 48.5 Å². The number of nitrogens with zero attached hydrogens (tertiary/aromatic N) is 2. The average molecular weight is 433 g/mol. The van der Waals surface area contributed by atoms with Crippen molar-refractivity contribution in [2.45, 2.75) is 16.3 Å². The summed E-state index contributed by atoms with van der Waals surface area (Å²) in [5.74, 6) is 1.02. The SMILES string of the molecule is COc1ccc(Sc2ccccc2C(=O)CN2CCN(Cc3ccccc3)CC2)cc1. The van der Waals surface area contributed by atoms with Crippen LogP contribution in [-0.2, 0) is 6.54 Å². The van der Waals surface area contributed by atoms with E-state index in [2.05, 4.69) is 40.1 Å². The minimum Gasteiger partial charge on any atom is -0.497 e. The Balaban J connectivity index is 1.34. The summed E-state index contributed by atoms with van der Waals surface area (Å²) < 4.78 is 5.23. The van der Waals surface area contributed by atoms with Crippen molar-refractivity contribution in [2.75, 3.05) is 39.8 Å². The maximum absolute atomic E-state index is 13.1. The van der Waals surface area contributed by atoms with Crippen molar-refractivity contribution in [3.63, 3.8) is 0 Å². The van der Waals surface area contributed by atoms with Gasteiger partial charge in [-0.3, -0.25) is 14.6 Å². The molecule has 0 saturated carbocycles. The van der Waals surface area contributed by atoms with E-state index in [1.165, 1.54) is 5.56 Å². The van der Waals surface area contributed by atoms with Crippen LogP contribution >= 0.6 is 11.8 Å². The maximum atomic E-state index is 13.1. The first kappa shape index (κ1) is 21.6. The molecule has 3 aromatic rings. The van der Waals surface area contributed by atoms with Crippen molar-refractivity contribution >= 4 is 17.5 Å². The summed E-state index contributed by atoms with van der Waals surface area (Å²) in [6, 6.07) is 26.4.